The van der Waals surface area contributed by atoms with Crippen molar-refractivity contribution in [1.82, 2.24) is 14.5 Å². The van der Waals surface area contributed by atoms with E-state index in [1.807, 2.05) is 0 Å². The Morgan fingerprint density at radius 2 is 2.04 bits per heavy atom. The number of carbonyl (C=O) groups is 1. The highest BCUT2D eigenvalue weighted by Crippen LogP contribution is 2.29. The Balaban J connectivity index is 1.90. The Kier molecular flexibility index (Phi) is 5.04. The lowest BCUT2D eigenvalue weighted by atomic mass is 9.98. The van der Waals surface area contributed by atoms with E-state index in [1.165, 1.54) is 18.2 Å². The average molecular weight is 380 g/mol. The summed E-state index contributed by atoms with van der Waals surface area (Å²) in [6.07, 6.45) is 1.66. The molecule has 0 spiro atoms. The number of ether oxygens (including phenoxy) is 2. The second kappa shape index (κ2) is 7.30. The maximum absolute atomic E-state index is 12.0. The number of carbonyl (C=O) groups excluding carboxylic acids is 1. The van der Waals surface area contributed by atoms with Gasteiger partial charge in [0.25, 0.3) is 5.69 Å². The number of nitro groups is 1. The van der Waals surface area contributed by atoms with E-state index in [1.54, 1.807) is 43.7 Å². The van der Waals surface area contributed by atoms with Crippen LogP contribution in [-0.2, 0) is 16.3 Å². The summed E-state index contributed by atoms with van der Waals surface area (Å²) in [4.78, 5) is 30.6. The molecule has 0 fully saturated rings. The fourth-order valence-corrected chi connectivity index (χ4v) is 2.35. The summed E-state index contributed by atoms with van der Waals surface area (Å²) in [5.74, 6) is 0.0221. The average Bonchev–Trinajstić information content (AvgIpc) is 3.02. The zero-order valence-corrected chi connectivity index (χ0v) is 15.6. The van der Waals surface area contributed by atoms with Crippen LogP contribution in [0.1, 0.15) is 20.8 Å². The van der Waals surface area contributed by atoms with E-state index >= 15 is 0 Å². The van der Waals surface area contributed by atoms with Crippen LogP contribution in [0.15, 0.2) is 36.5 Å². The maximum Gasteiger partial charge on any atom is 0.312 e. The standard InChI is InChI=1S/C18H17BN4O5/c1-18(2,3)16(24)27-10-22-8-7-13-14(22)20-17(19)21-15(13)28-12-6-4-5-11(9-12)23(25)26/h4-9H,10H2,1-3H3. The molecule has 0 bridgehead atoms. The molecule has 9 nitrogen and oxygen atoms in total. The van der Waals surface area contributed by atoms with Gasteiger partial charge in [0.1, 0.15) is 11.4 Å². The van der Waals surface area contributed by atoms with Crippen LogP contribution >= 0.6 is 0 Å². The third-order valence-corrected chi connectivity index (χ3v) is 3.79. The molecule has 0 aliphatic heterocycles. The molecule has 2 radical (unpaired) electrons. The topological polar surface area (TPSA) is 109 Å². The summed E-state index contributed by atoms with van der Waals surface area (Å²) < 4.78 is 12.6. The van der Waals surface area contributed by atoms with Crippen molar-refractivity contribution in [2.45, 2.75) is 27.5 Å². The first kappa shape index (κ1) is 19.3. The van der Waals surface area contributed by atoms with Crippen LogP contribution < -0.4 is 10.5 Å². The molecule has 3 aromatic rings. The molecule has 0 N–H and O–H groups in total. The van der Waals surface area contributed by atoms with Crippen molar-refractivity contribution in [2.75, 3.05) is 0 Å². The monoisotopic (exact) mass is 380 g/mol. The minimum atomic E-state index is -0.632. The third kappa shape index (κ3) is 4.11. The Hall–Kier alpha value is -3.43. The highest BCUT2D eigenvalue weighted by molar-refractivity contribution is 6.29. The lowest BCUT2D eigenvalue weighted by molar-refractivity contribution is -0.384. The van der Waals surface area contributed by atoms with E-state index in [2.05, 4.69) is 9.97 Å². The molecule has 0 saturated heterocycles. The Bertz CT molecular complexity index is 1060. The van der Waals surface area contributed by atoms with Gasteiger partial charge in [0.2, 0.25) is 5.88 Å². The SMILES string of the molecule is [B]c1nc(Oc2cccc([N+](=O)[O-])c2)c2ccn(COC(=O)C(C)(C)C)c2n1. The van der Waals surface area contributed by atoms with E-state index in [4.69, 9.17) is 17.3 Å². The summed E-state index contributed by atoms with van der Waals surface area (Å²) in [5, 5.41) is 11.5. The van der Waals surface area contributed by atoms with E-state index in [0.717, 1.165) is 0 Å². The highest BCUT2D eigenvalue weighted by atomic mass is 16.6. The molecular formula is C18H17BN4O5. The molecule has 2 aromatic heterocycles. The zero-order valence-electron chi connectivity index (χ0n) is 15.6. The molecule has 10 heteroatoms. The van der Waals surface area contributed by atoms with Crippen molar-refractivity contribution >= 4 is 36.3 Å². The lowest BCUT2D eigenvalue weighted by Gasteiger charge is -2.17. The second-order valence-corrected chi connectivity index (χ2v) is 7.08. The lowest BCUT2D eigenvalue weighted by Crippen LogP contribution is -2.24. The first-order valence-electron chi connectivity index (χ1n) is 8.37. The Morgan fingerprint density at radius 1 is 1.29 bits per heavy atom. The van der Waals surface area contributed by atoms with Crippen LogP contribution in [0.2, 0.25) is 0 Å². The van der Waals surface area contributed by atoms with Crippen molar-refractivity contribution in [3.63, 3.8) is 0 Å². The van der Waals surface area contributed by atoms with Gasteiger partial charge >= 0.3 is 5.97 Å². The zero-order chi connectivity index (χ0) is 20.5. The van der Waals surface area contributed by atoms with Crippen LogP contribution in [0.5, 0.6) is 11.6 Å². The molecule has 142 valence electrons. The number of hydrogen-bond donors (Lipinski definition) is 0. The van der Waals surface area contributed by atoms with Gasteiger partial charge in [0, 0.05) is 12.3 Å². The van der Waals surface area contributed by atoms with Gasteiger partial charge in [0.15, 0.2) is 14.6 Å². The molecule has 2 heterocycles. The van der Waals surface area contributed by atoms with Crippen LogP contribution in [0.4, 0.5) is 5.69 Å². The summed E-state index contributed by atoms with van der Waals surface area (Å²) in [6, 6.07) is 7.40. The van der Waals surface area contributed by atoms with E-state index in [9.17, 15) is 14.9 Å². The fourth-order valence-electron chi connectivity index (χ4n) is 2.35. The third-order valence-electron chi connectivity index (χ3n) is 3.79. The minimum absolute atomic E-state index is 0.0463. The normalized spacial score (nSPS) is 11.4. The summed E-state index contributed by atoms with van der Waals surface area (Å²) in [5.41, 5.74) is -0.375. The quantitative estimate of drug-likeness (QED) is 0.289. The van der Waals surface area contributed by atoms with Gasteiger partial charge in [-0.25, -0.2) is 9.97 Å². The van der Waals surface area contributed by atoms with Gasteiger partial charge < -0.3 is 9.47 Å². The largest absolute Gasteiger partial charge is 0.443 e. The Labute approximate surface area is 161 Å². The Morgan fingerprint density at radius 3 is 2.71 bits per heavy atom. The van der Waals surface area contributed by atoms with E-state index in [-0.39, 0.29) is 35.7 Å². The molecule has 0 saturated carbocycles. The molecule has 0 atom stereocenters. The van der Waals surface area contributed by atoms with Crippen LogP contribution in [0.3, 0.4) is 0 Å². The second-order valence-electron chi connectivity index (χ2n) is 7.08. The fraction of sp³-hybridized carbons (Fsp3) is 0.278. The van der Waals surface area contributed by atoms with Crippen molar-refractivity contribution in [1.29, 1.82) is 0 Å². The molecule has 0 amide bonds. The van der Waals surface area contributed by atoms with Crippen LogP contribution in [0, 0.1) is 15.5 Å². The number of nitrogens with zero attached hydrogens (tertiary/aromatic N) is 4. The first-order chi connectivity index (χ1) is 13.1. The van der Waals surface area contributed by atoms with Crippen molar-refractivity contribution in [3.05, 3.63) is 46.6 Å². The van der Waals surface area contributed by atoms with E-state index < -0.39 is 10.3 Å². The van der Waals surface area contributed by atoms with Crippen molar-refractivity contribution < 1.29 is 19.2 Å². The van der Waals surface area contributed by atoms with Gasteiger partial charge in [-0.1, -0.05) is 6.07 Å². The molecule has 0 aliphatic rings. The summed E-state index contributed by atoms with van der Waals surface area (Å²) >= 11 is 0. The number of fused-ring (bicyclic) bond motifs is 1. The van der Waals surface area contributed by atoms with Crippen molar-refractivity contribution in [3.8, 4) is 11.6 Å². The van der Waals surface area contributed by atoms with Gasteiger partial charge in [-0.2, -0.15) is 0 Å². The summed E-state index contributed by atoms with van der Waals surface area (Å²) in [7, 11) is 5.78. The minimum Gasteiger partial charge on any atom is -0.443 e. The molecule has 1 aromatic carbocycles. The smallest absolute Gasteiger partial charge is 0.312 e. The molecule has 3 rings (SSSR count). The number of hydrogen-bond acceptors (Lipinski definition) is 7. The van der Waals surface area contributed by atoms with Crippen molar-refractivity contribution in [2.24, 2.45) is 5.41 Å². The molecule has 28 heavy (non-hydrogen) atoms. The van der Waals surface area contributed by atoms with Crippen LogP contribution in [-0.4, -0.2) is 33.3 Å². The van der Waals surface area contributed by atoms with Gasteiger partial charge in [-0.3, -0.25) is 19.5 Å². The van der Waals surface area contributed by atoms with Gasteiger partial charge in [-0.05, 0) is 32.9 Å². The van der Waals surface area contributed by atoms with E-state index in [0.29, 0.717) is 11.0 Å². The number of nitro benzene ring substituents is 1. The number of rotatable bonds is 5. The van der Waals surface area contributed by atoms with Gasteiger partial charge in [-0.15, -0.1) is 0 Å². The summed E-state index contributed by atoms with van der Waals surface area (Å²) in [6.45, 7) is 5.23. The predicted octanol–water partition coefficient (Wildman–Crippen LogP) is 2.47. The number of esters is 1. The van der Waals surface area contributed by atoms with Crippen LogP contribution in [0.25, 0.3) is 11.0 Å². The number of non-ortho nitro benzene ring substituents is 1. The van der Waals surface area contributed by atoms with Gasteiger partial charge in [0.05, 0.1) is 27.5 Å². The highest BCUT2D eigenvalue weighted by Gasteiger charge is 2.23. The first-order valence-corrected chi connectivity index (χ1v) is 8.37. The molecular weight excluding hydrogens is 363 g/mol. The molecule has 0 aliphatic carbocycles. The maximum atomic E-state index is 12.0. The number of aromatic nitrogens is 3. The number of benzene rings is 1. The predicted molar refractivity (Wildman–Crippen MR) is 102 cm³/mol. The molecule has 0 unspecified atom stereocenters.